The molecule has 0 fully saturated rings. The Bertz CT molecular complexity index is 877. The first kappa shape index (κ1) is 21.2. The number of H-pyrrole nitrogens is 1. The third-order valence-corrected chi connectivity index (χ3v) is 3.69. The lowest BCUT2D eigenvalue weighted by molar-refractivity contribution is -0.140. The van der Waals surface area contributed by atoms with Crippen LogP contribution in [0.4, 0.5) is 13.2 Å². The second-order valence-corrected chi connectivity index (χ2v) is 5.83. The van der Waals surface area contributed by atoms with Crippen LogP contribution in [0.15, 0.2) is 36.9 Å². The summed E-state index contributed by atoms with van der Waals surface area (Å²) in [6.07, 6.45) is -3.09. The van der Waals surface area contributed by atoms with Crippen LogP contribution < -0.4 is 5.32 Å². The van der Waals surface area contributed by atoms with Crippen LogP contribution in [-0.4, -0.2) is 46.2 Å². The summed E-state index contributed by atoms with van der Waals surface area (Å²) in [5.41, 5.74) is -0.556. The third-order valence-electron chi connectivity index (χ3n) is 3.69. The molecule has 2 aromatic rings. The third kappa shape index (κ3) is 5.19. The van der Waals surface area contributed by atoms with Crippen molar-refractivity contribution in [2.75, 3.05) is 13.2 Å². The number of imidazole rings is 1. The lowest BCUT2D eigenvalue weighted by Crippen LogP contribution is -2.44. The van der Waals surface area contributed by atoms with Gasteiger partial charge >= 0.3 is 12.1 Å². The number of carboxylic acid groups (broad SMARTS) is 1. The van der Waals surface area contributed by atoms with Crippen LogP contribution in [0.5, 0.6) is 0 Å². The lowest BCUT2D eigenvalue weighted by atomic mass is 10.1. The van der Waals surface area contributed by atoms with Crippen molar-refractivity contribution < 1.29 is 32.6 Å². The van der Waals surface area contributed by atoms with Crippen molar-refractivity contribution >= 4 is 11.9 Å². The number of alkyl halides is 3. The van der Waals surface area contributed by atoms with Crippen molar-refractivity contribution in [2.45, 2.75) is 19.1 Å². The van der Waals surface area contributed by atoms with Crippen LogP contribution in [0.3, 0.4) is 0 Å². The number of nitrogens with one attached hydrogen (secondary N) is 2. The number of rotatable bonds is 8. The number of nitrogens with zero attached hydrogens (tertiary/aromatic N) is 1. The summed E-state index contributed by atoms with van der Waals surface area (Å²) < 4.78 is 43.7. The summed E-state index contributed by atoms with van der Waals surface area (Å²) in [5, 5.41) is 11.4. The van der Waals surface area contributed by atoms with Gasteiger partial charge in [-0.2, -0.15) is 13.2 Å². The topological polar surface area (TPSA) is 104 Å². The van der Waals surface area contributed by atoms with E-state index in [0.29, 0.717) is 0 Å². The van der Waals surface area contributed by atoms with Gasteiger partial charge in [0, 0.05) is 11.3 Å². The van der Waals surface area contributed by atoms with Crippen molar-refractivity contribution in [1.29, 1.82) is 0 Å². The molecule has 2 rings (SSSR count). The maximum absolute atomic E-state index is 12.9. The molecule has 10 heteroatoms. The molecule has 0 aliphatic carbocycles. The van der Waals surface area contributed by atoms with Crippen molar-refractivity contribution in [3.8, 4) is 11.4 Å². The molecule has 0 bridgehead atoms. The molecule has 1 aromatic carbocycles. The smallest absolute Gasteiger partial charge is 0.416 e. The predicted molar refractivity (Wildman–Crippen MR) is 93.7 cm³/mol. The molecule has 1 heterocycles. The zero-order valence-corrected chi connectivity index (χ0v) is 14.8. The molecule has 3 N–H and O–H groups in total. The van der Waals surface area contributed by atoms with E-state index in [0.717, 1.165) is 12.1 Å². The molecule has 150 valence electrons. The number of carboxylic acids is 1. The van der Waals surface area contributed by atoms with E-state index in [-0.39, 0.29) is 36.0 Å². The SMILES string of the molecule is C=CCOCC(NC(=O)c1nc(-c2cccc(C(F)(F)F)c2)[nH]c1C)C(=O)O. The highest BCUT2D eigenvalue weighted by atomic mass is 19.4. The summed E-state index contributed by atoms with van der Waals surface area (Å²) in [5.74, 6) is -2.03. The Morgan fingerprint density at radius 1 is 1.43 bits per heavy atom. The Labute approximate surface area is 158 Å². The second kappa shape index (κ2) is 8.70. The fourth-order valence-corrected chi connectivity index (χ4v) is 2.33. The van der Waals surface area contributed by atoms with E-state index in [4.69, 9.17) is 4.74 Å². The summed E-state index contributed by atoms with van der Waals surface area (Å²) in [7, 11) is 0. The molecule has 1 amide bonds. The van der Waals surface area contributed by atoms with E-state index in [9.17, 15) is 27.9 Å². The fourth-order valence-electron chi connectivity index (χ4n) is 2.33. The van der Waals surface area contributed by atoms with Crippen LogP contribution >= 0.6 is 0 Å². The van der Waals surface area contributed by atoms with E-state index in [1.54, 1.807) is 0 Å². The summed E-state index contributed by atoms with van der Waals surface area (Å²) >= 11 is 0. The number of aromatic nitrogens is 2. The minimum absolute atomic E-state index is 0.0588. The van der Waals surface area contributed by atoms with Gasteiger partial charge in [-0.15, -0.1) is 6.58 Å². The van der Waals surface area contributed by atoms with Gasteiger partial charge in [0.1, 0.15) is 11.5 Å². The van der Waals surface area contributed by atoms with Crippen LogP contribution in [0.25, 0.3) is 11.4 Å². The highest BCUT2D eigenvalue weighted by molar-refractivity contribution is 5.96. The minimum atomic E-state index is -4.52. The lowest BCUT2D eigenvalue weighted by Gasteiger charge is -2.13. The normalized spacial score (nSPS) is 12.4. The molecule has 0 saturated heterocycles. The number of amides is 1. The van der Waals surface area contributed by atoms with E-state index in [2.05, 4.69) is 21.9 Å². The van der Waals surface area contributed by atoms with Gasteiger partial charge in [0.25, 0.3) is 5.91 Å². The largest absolute Gasteiger partial charge is 0.480 e. The Morgan fingerprint density at radius 2 is 2.14 bits per heavy atom. The summed E-state index contributed by atoms with van der Waals surface area (Å²) in [4.78, 5) is 30.4. The molecule has 0 spiro atoms. The van der Waals surface area contributed by atoms with Crippen LogP contribution in [0.2, 0.25) is 0 Å². The molecule has 1 aromatic heterocycles. The van der Waals surface area contributed by atoms with Crippen molar-refractivity contribution in [2.24, 2.45) is 0 Å². The maximum atomic E-state index is 12.9. The van der Waals surface area contributed by atoms with Crippen LogP contribution in [-0.2, 0) is 15.7 Å². The monoisotopic (exact) mass is 397 g/mol. The number of aromatic amines is 1. The second-order valence-electron chi connectivity index (χ2n) is 5.83. The Hall–Kier alpha value is -3.14. The number of benzene rings is 1. The Balaban J connectivity index is 2.22. The average molecular weight is 397 g/mol. The van der Waals surface area contributed by atoms with Gasteiger partial charge in [-0.1, -0.05) is 18.2 Å². The standard InChI is InChI=1S/C18H18F3N3O4/c1-3-7-28-9-13(17(26)27)23-16(25)14-10(2)22-15(24-14)11-5-4-6-12(8-11)18(19,20)21/h3-6,8,13H,1,7,9H2,2H3,(H,22,24)(H,23,25)(H,26,27). The number of ether oxygens (including phenoxy) is 1. The van der Waals surface area contributed by atoms with E-state index < -0.39 is 29.7 Å². The van der Waals surface area contributed by atoms with Gasteiger partial charge in [-0.3, -0.25) is 4.79 Å². The molecule has 0 radical (unpaired) electrons. The molecular weight excluding hydrogens is 379 g/mol. The van der Waals surface area contributed by atoms with Gasteiger partial charge in [0.15, 0.2) is 6.04 Å². The van der Waals surface area contributed by atoms with Gasteiger partial charge < -0.3 is 20.1 Å². The number of aryl methyl sites for hydroxylation is 1. The van der Waals surface area contributed by atoms with Gasteiger partial charge in [-0.25, -0.2) is 9.78 Å². The van der Waals surface area contributed by atoms with Gasteiger partial charge in [0.05, 0.1) is 18.8 Å². The molecule has 1 atom stereocenters. The van der Waals surface area contributed by atoms with Gasteiger partial charge in [0.2, 0.25) is 0 Å². The molecule has 0 aliphatic rings. The molecule has 28 heavy (non-hydrogen) atoms. The highest BCUT2D eigenvalue weighted by Gasteiger charge is 2.31. The van der Waals surface area contributed by atoms with E-state index in [1.165, 1.54) is 25.1 Å². The molecule has 0 saturated carbocycles. The first-order valence-corrected chi connectivity index (χ1v) is 8.10. The summed E-state index contributed by atoms with van der Waals surface area (Å²) in [6.45, 7) is 4.77. The number of hydrogen-bond acceptors (Lipinski definition) is 4. The number of halogens is 3. The maximum Gasteiger partial charge on any atom is 0.416 e. The highest BCUT2D eigenvalue weighted by Crippen LogP contribution is 2.31. The van der Waals surface area contributed by atoms with Crippen LogP contribution in [0.1, 0.15) is 21.7 Å². The Morgan fingerprint density at radius 3 is 2.75 bits per heavy atom. The van der Waals surface area contributed by atoms with Crippen molar-refractivity contribution in [1.82, 2.24) is 15.3 Å². The van der Waals surface area contributed by atoms with E-state index in [1.807, 2.05) is 0 Å². The molecule has 1 unspecified atom stereocenters. The zero-order chi connectivity index (χ0) is 20.9. The van der Waals surface area contributed by atoms with Crippen molar-refractivity contribution in [3.05, 3.63) is 53.9 Å². The average Bonchev–Trinajstić information content (AvgIpc) is 3.02. The first-order valence-electron chi connectivity index (χ1n) is 8.10. The van der Waals surface area contributed by atoms with Gasteiger partial charge in [-0.05, 0) is 19.1 Å². The van der Waals surface area contributed by atoms with E-state index >= 15 is 0 Å². The molecule has 7 nitrogen and oxygen atoms in total. The fraction of sp³-hybridized carbons (Fsp3) is 0.278. The van der Waals surface area contributed by atoms with Crippen molar-refractivity contribution in [3.63, 3.8) is 0 Å². The number of aliphatic carboxylic acids is 1. The van der Waals surface area contributed by atoms with Crippen LogP contribution in [0, 0.1) is 6.92 Å². The number of carbonyl (C=O) groups is 2. The molecular formula is C18H18F3N3O4. The minimum Gasteiger partial charge on any atom is -0.480 e. The number of hydrogen-bond donors (Lipinski definition) is 3. The predicted octanol–water partition coefficient (Wildman–Crippen LogP) is 2.79. The zero-order valence-electron chi connectivity index (χ0n) is 14.8. The summed E-state index contributed by atoms with van der Waals surface area (Å²) in [6, 6.07) is 3.16. The molecule has 0 aliphatic heterocycles. The quantitative estimate of drug-likeness (QED) is 0.469. The Kier molecular flexibility index (Phi) is 6.57. The first-order chi connectivity index (χ1) is 13.1. The number of carbonyl (C=O) groups excluding carboxylic acids is 1.